The number of ether oxygens (including phenoxy) is 2. The molecule has 0 saturated heterocycles. The predicted octanol–water partition coefficient (Wildman–Crippen LogP) is 6.52. The minimum absolute atomic E-state index is 0.516. The van der Waals surface area contributed by atoms with Gasteiger partial charge in [0.05, 0.1) is 7.11 Å². The third-order valence-electron chi connectivity index (χ3n) is 5.68. The largest absolute Gasteiger partial charge is 0.493 e. The van der Waals surface area contributed by atoms with Crippen molar-refractivity contribution < 1.29 is 9.47 Å². The van der Waals surface area contributed by atoms with E-state index in [4.69, 9.17) is 9.47 Å². The van der Waals surface area contributed by atoms with E-state index in [1.165, 1.54) is 16.7 Å². The summed E-state index contributed by atoms with van der Waals surface area (Å²) in [4.78, 5) is 2.49. The first-order chi connectivity index (χ1) is 16.3. The first-order valence-electron chi connectivity index (χ1n) is 11.4. The molecule has 0 unspecified atom stereocenters. The van der Waals surface area contributed by atoms with E-state index >= 15 is 0 Å². The van der Waals surface area contributed by atoms with Gasteiger partial charge < -0.3 is 9.47 Å². The van der Waals surface area contributed by atoms with Crippen LogP contribution in [0.4, 0.5) is 0 Å². The summed E-state index contributed by atoms with van der Waals surface area (Å²) in [7, 11) is 1.69. The highest BCUT2D eigenvalue weighted by molar-refractivity contribution is 5.43. The number of benzene rings is 4. The number of methoxy groups -OCH3 is 1. The fourth-order valence-corrected chi connectivity index (χ4v) is 3.91. The van der Waals surface area contributed by atoms with Gasteiger partial charge in [0.25, 0.3) is 0 Å². The summed E-state index contributed by atoms with van der Waals surface area (Å²) in [5.41, 5.74) is 5.03. The molecule has 0 atom stereocenters. The highest BCUT2D eigenvalue weighted by Gasteiger charge is 2.11. The van der Waals surface area contributed by atoms with Crippen molar-refractivity contribution in [1.29, 1.82) is 0 Å². The fraction of sp³-hybridized carbons (Fsp3) is 0.200. The monoisotopic (exact) mass is 437 g/mol. The molecule has 0 bridgehead atoms. The van der Waals surface area contributed by atoms with Crippen LogP contribution in [0, 0.1) is 0 Å². The zero-order chi connectivity index (χ0) is 22.7. The van der Waals surface area contributed by atoms with E-state index in [9.17, 15) is 0 Å². The van der Waals surface area contributed by atoms with Crippen LogP contribution in [0.2, 0.25) is 0 Å². The molecule has 0 radical (unpaired) electrons. The number of hydrogen-bond donors (Lipinski definition) is 0. The average Bonchev–Trinajstić information content (AvgIpc) is 2.88. The first-order valence-corrected chi connectivity index (χ1v) is 11.4. The molecule has 0 aliphatic rings. The number of rotatable bonds is 11. The molecule has 4 aromatic carbocycles. The van der Waals surface area contributed by atoms with Gasteiger partial charge in [-0.1, -0.05) is 97.1 Å². The van der Waals surface area contributed by atoms with E-state index in [2.05, 4.69) is 89.8 Å². The summed E-state index contributed by atoms with van der Waals surface area (Å²) >= 11 is 0. The Morgan fingerprint density at radius 2 is 1.15 bits per heavy atom. The maximum absolute atomic E-state index is 6.14. The average molecular weight is 438 g/mol. The van der Waals surface area contributed by atoms with Crippen LogP contribution in [0.15, 0.2) is 109 Å². The molecule has 3 heteroatoms. The fourth-order valence-electron chi connectivity index (χ4n) is 3.91. The van der Waals surface area contributed by atoms with E-state index in [1.807, 2.05) is 24.3 Å². The van der Waals surface area contributed by atoms with Gasteiger partial charge in [-0.05, 0) is 40.8 Å². The van der Waals surface area contributed by atoms with Gasteiger partial charge in [-0.3, -0.25) is 4.90 Å². The van der Waals surface area contributed by atoms with E-state index in [0.29, 0.717) is 6.61 Å². The lowest BCUT2D eigenvalue weighted by Crippen LogP contribution is -2.25. The summed E-state index contributed by atoms with van der Waals surface area (Å²) in [5.74, 6) is 1.54. The van der Waals surface area contributed by atoms with Crippen molar-refractivity contribution in [3.63, 3.8) is 0 Å². The second-order valence-corrected chi connectivity index (χ2v) is 8.19. The summed E-state index contributed by atoms with van der Waals surface area (Å²) < 4.78 is 11.7. The molecule has 0 aliphatic carbocycles. The Bertz CT molecular complexity index is 1100. The molecule has 0 saturated carbocycles. The molecule has 0 N–H and O–H groups in total. The van der Waals surface area contributed by atoms with Gasteiger partial charge in [0.2, 0.25) is 0 Å². The van der Waals surface area contributed by atoms with Crippen LogP contribution >= 0.6 is 0 Å². The zero-order valence-corrected chi connectivity index (χ0v) is 19.2. The van der Waals surface area contributed by atoms with Crippen LogP contribution in [-0.2, 0) is 26.1 Å². The Kier molecular flexibility index (Phi) is 8.15. The summed E-state index contributed by atoms with van der Waals surface area (Å²) in [6.45, 7) is 3.24. The van der Waals surface area contributed by atoms with Crippen LogP contribution in [-0.4, -0.2) is 18.6 Å². The lowest BCUT2D eigenvalue weighted by molar-refractivity contribution is 0.257. The van der Waals surface area contributed by atoms with E-state index in [1.54, 1.807) is 7.11 Å². The zero-order valence-electron chi connectivity index (χ0n) is 19.2. The minimum Gasteiger partial charge on any atom is -0.493 e. The molecule has 0 fully saturated rings. The molecule has 4 aromatic rings. The van der Waals surface area contributed by atoms with Crippen molar-refractivity contribution in [2.75, 3.05) is 13.7 Å². The van der Waals surface area contributed by atoms with Crippen molar-refractivity contribution in [3.8, 4) is 11.5 Å². The highest BCUT2D eigenvalue weighted by atomic mass is 16.5. The van der Waals surface area contributed by atoms with E-state index in [0.717, 1.165) is 43.1 Å². The molecular formula is C30H31NO2. The molecular weight excluding hydrogens is 406 g/mol. The van der Waals surface area contributed by atoms with Crippen molar-refractivity contribution in [1.82, 2.24) is 4.90 Å². The van der Waals surface area contributed by atoms with Gasteiger partial charge in [-0.15, -0.1) is 0 Å². The second kappa shape index (κ2) is 11.9. The van der Waals surface area contributed by atoms with Crippen molar-refractivity contribution in [3.05, 3.63) is 131 Å². The van der Waals surface area contributed by atoms with Crippen LogP contribution in [0.1, 0.15) is 22.3 Å². The maximum Gasteiger partial charge on any atom is 0.161 e. The predicted molar refractivity (Wildman–Crippen MR) is 134 cm³/mol. The third kappa shape index (κ3) is 6.96. The SMILES string of the molecule is COc1ccc(CN(CCc2ccccc2)Cc2ccccc2)cc1OCc1ccccc1. The molecule has 0 spiro atoms. The standard InChI is InChI=1S/C30H31NO2/c1-32-29-18-17-28(21-30(29)33-24-27-15-9-4-10-16-27)23-31(22-26-13-7-3-8-14-26)20-19-25-11-5-2-6-12-25/h2-18,21H,19-20,22-24H2,1H3. The maximum atomic E-state index is 6.14. The third-order valence-corrected chi connectivity index (χ3v) is 5.68. The van der Waals surface area contributed by atoms with Gasteiger partial charge in [-0.2, -0.15) is 0 Å². The topological polar surface area (TPSA) is 21.7 Å². The van der Waals surface area contributed by atoms with Crippen LogP contribution < -0.4 is 9.47 Å². The molecule has 0 amide bonds. The minimum atomic E-state index is 0.516. The Hall–Kier alpha value is -3.56. The van der Waals surface area contributed by atoms with Crippen LogP contribution in [0.25, 0.3) is 0 Å². The second-order valence-electron chi connectivity index (χ2n) is 8.19. The molecule has 33 heavy (non-hydrogen) atoms. The molecule has 0 aromatic heterocycles. The number of hydrogen-bond acceptors (Lipinski definition) is 3. The molecule has 0 heterocycles. The van der Waals surface area contributed by atoms with Gasteiger partial charge in [0.1, 0.15) is 6.61 Å². The van der Waals surface area contributed by atoms with E-state index in [-0.39, 0.29) is 0 Å². The van der Waals surface area contributed by atoms with Gasteiger partial charge in [0, 0.05) is 19.6 Å². The summed E-state index contributed by atoms with van der Waals surface area (Å²) in [6.07, 6.45) is 1.02. The van der Waals surface area contributed by atoms with Gasteiger partial charge in [-0.25, -0.2) is 0 Å². The van der Waals surface area contributed by atoms with Crippen molar-refractivity contribution >= 4 is 0 Å². The first kappa shape index (κ1) is 22.6. The molecule has 3 nitrogen and oxygen atoms in total. The lowest BCUT2D eigenvalue weighted by atomic mass is 10.1. The number of nitrogens with zero attached hydrogens (tertiary/aromatic N) is 1. The van der Waals surface area contributed by atoms with Crippen LogP contribution in [0.5, 0.6) is 11.5 Å². The van der Waals surface area contributed by atoms with Crippen molar-refractivity contribution in [2.24, 2.45) is 0 Å². The Morgan fingerprint density at radius 1 is 0.576 bits per heavy atom. The smallest absolute Gasteiger partial charge is 0.161 e. The molecule has 0 aliphatic heterocycles. The summed E-state index contributed by atoms with van der Waals surface area (Å²) in [6, 6.07) is 37.8. The molecule has 168 valence electrons. The van der Waals surface area contributed by atoms with E-state index < -0.39 is 0 Å². The van der Waals surface area contributed by atoms with Crippen molar-refractivity contribution in [2.45, 2.75) is 26.1 Å². The lowest BCUT2D eigenvalue weighted by Gasteiger charge is -2.23. The normalized spacial score (nSPS) is 10.8. The Labute approximate surface area is 197 Å². The Morgan fingerprint density at radius 3 is 1.79 bits per heavy atom. The highest BCUT2D eigenvalue weighted by Crippen LogP contribution is 2.29. The molecule has 4 rings (SSSR count). The van der Waals surface area contributed by atoms with Gasteiger partial charge in [0.15, 0.2) is 11.5 Å². The van der Waals surface area contributed by atoms with Crippen LogP contribution in [0.3, 0.4) is 0 Å². The van der Waals surface area contributed by atoms with Gasteiger partial charge >= 0.3 is 0 Å². The summed E-state index contributed by atoms with van der Waals surface area (Å²) in [5, 5.41) is 0. The Balaban J connectivity index is 1.48. The quantitative estimate of drug-likeness (QED) is 0.267.